The van der Waals surface area contributed by atoms with Crippen molar-refractivity contribution in [1.29, 1.82) is 0 Å². The summed E-state index contributed by atoms with van der Waals surface area (Å²) in [5, 5.41) is 0.794. The Labute approximate surface area is 404 Å². The molecule has 66 heavy (non-hydrogen) atoms. The number of rotatable bonds is 2. The monoisotopic (exact) mass is 945 g/mol. The average Bonchev–Trinajstić information content (AvgIpc) is 3.71. The van der Waals surface area contributed by atoms with Crippen LogP contribution in [0.4, 0.5) is 8.78 Å². The maximum Gasteiger partial charge on any atom is 0.494 e. The van der Waals surface area contributed by atoms with E-state index in [-0.39, 0.29) is 40.7 Å². The lowest BCUT2D eigenvalue weighted by molar-refractivity contribution is 0.00578. The van der Waals surface area contributed by atoms with Crippen LogP contribution in [0.3, 0.4) is 0 Å². The van der Waals surface area contributed by atoms with Crippen molar-refractivity contribution < 1.29 is 36.7 Å². The van der Waals surface area contributed by atoms with Crippen molar-refractivity contribution >= 4 is 38.2 Å². The van der Waals surface area contributed by atoms with E-state index in [1.165, 1.54) is 0 Å². The Morgan fingerprint density at radius 2 is 0.561 bits per heavy atom. The summed E-state index contributed by atoms with van der Waals surface area (Å²) in [5.74, 6) is 4.75. The van der Waals surface area contributed by atoms with E-state index in [1.54, 1.807) is 0 Å². The van der Waals surface area contributed by atoms with E-state index >= 15 is 0 Å². The first-order chi connectivity index (χ1) is 30.6. The Morgan fingerprint density at radius 3 is 0.758 bits per heavy atom. The molecule has 0 saturated carbocycles. The minimum Gasteiger partial charge on any atom is -0.405 e. The smallest absolute Gasteiger partial charge is 0.405 e. The number of benzene rings is 2. The molecule has 0 atom stereocenters. The Hall–Kier alpha value is -3.44. The molecule has 3 aliphatic heterocycles. The molecule has 0 aliphatic carbocycles. The Balaban J connectivity index is 0. The summed E-state index contributed by atoms with van der Waals surface area (Å²) >= 11 is 5.54. The van der Waals surface area contributed by atoms with E-state index < -0.39 is 14.0 Å². The van der Waals surface area contributed by atoms with Gasteiger partial charge in [0.05, 0.1) is 48.0 Å². The van der Waals surface area contributed by atoms with Gasteiger partial charge in [0.15, 0.2) is 0 Å². The van der Waals surface area contributed by atoms with E-state index in [0.29, 0.717) is 14.4 Å². The summed E-state index contributed by atoms with van der Waals surface area (Å²) < 4.78 is 54.7. The van der Waals surface area contributed by atoms with E-state index in [0.717, 1.165) is 45.4 Å². The fourth-order valence-electron chi connectivity index (χ4n) is 5.56. The van der Waals surface area contributed by atoms with E-state index in [4.69, 9.17) is 39.5 Å². The minimum atomic E-state index is -0.476. The first-order valence-corrected chi connectivity index (χ1v) is 22.8. The highest BCUT2D eigenvalue weighted by Gasteiger charge is 2.63. The number of hydrogen-bond donors (Lipinski definition) is 0. The van der Waals surface area contributed by atoms with E-state index in [9.17, 15) is 8.78 Å². The van der Waals surface area contributed by atoms with Crippen LogP contribution in [-0.4, -0.2) is 99.0 Å². The summed E-state index contributed by atoms with van der Waals surface area (Å²) in [4.78, 5) is 24.1. The molecule has 3 saturated heterocycles. The number of aromatic nitrogens is 6. The number of nitrogens with zero attached hydrogens (tertiary/aromatic N) is 6. The van der Waals surface area contributed by atoms with Crippen LogP contribution >= 0.6 is 11.6 Å². The van der Waals surface area contributed by atoms with Gasteiger partial charge in [-0.25, -0.2) is 29.9 Å². The molecule has 2 aromatic carbocycles. The number of aryl methyl sites for hydroxylation is 6. The van der Waals surface area contributed by atoms with Crippen LogP contribution in [0.2, 0.25) is 5.02 Å². The molecule has 0 N–H and O–H groups in total. The van der Waals surface area contributed by atoms with Gasteiger partial charge in [-0.2, -0.15) is 0 Å². The van der Waals surface area contributed by atoms with Gasteiger partial charge in [0, 0.05) is 5.02 Å². The summed E-state index contributed by atoms with van der Waals surface area (Å²) in [5.41, 5.74) is -0.873. The van der Waals surface area contributed by atoms with Crippen molar-refractivity contribution in [2.45, 2.75) is 186 Å². The van der Waals surface area contributed by atoms with Gasteiger partial charge in [0.2, 0.25) is 0 Å². The van der Waals surface area contributed by atoms with Gasteiger partial charge in [0.25, 0.3) is 0 Å². The van der Waals surface area contributed by atoms with Gasteiger partial charge in [-0.1, -0.05) is 87.8 Å². The Morgan fingerprint density at radius 1 is 0.364 bits per heavy atom. The third kappa shape index (κ3) is 20.8. The molecule has 0 amide bonds. The molecule has 3 aliphatic rings. The second-order valence-electron chi connectivity index (χ2n) is 17.5. The average molecular weight is 945 g/mol. The SMILES string of the molecule is CC.CC.CC1(C)OB(B2OC(C)(C)C(C)(C)O2)OC1(C)C.CC1(C)OB(c2ccccc2)OC1(C)C.CF.CF.Cc1nc(C)nc(C)n1.Cc1nc(C)nc(C)n1.Clc1ccccc1. The normalized spacial score (nSPS) is 17.9. The second-order valence-corrected chi connectivity index (χ2v) is 17.9. The van der Waals surface area contributed by atoms with Crippen molar-refractivity contribution in [3.8, 4) is 0 Å². The zero-order chi connectivity index (χ0) is 51.9. The summed E-state index contributed by atoms with van der Waals surface area (Å²) in [7, 11) is -0.191. The zero-order valence-corrected chi connectivity index (χ0v) is 45.5. The molecule has 0 radical (unpaired) electrons. The first-order valence-electron chi connectivity index (χ1n) is 22.5. The fraction of sp³-hybridized carbons (Fsp3) is 0.625. The maximum absolute atomic E-state index is 9.50. The molecule has 0 unspecified atom stereocenters. The molecule has 4 aromatic rings. The van der Waals surface area contributed by atoms with Gasteiger partial charge in [-0.3, -0.25) is 8.78 Å². The topological polar surface area (TPSA) is 133 Å². The lowest BCUT2D eigenvalue weighted by atomic mass is 9.49. The molecule has 7 rings (SSSR count). The first kappa shape index (κ1) is 64.6. The van der Waals surface area contributed by atoms with Gasteiger partial charge in [-0.05, 0) is 142 Å². The van der Waals surface area contributed by atoms with Crippen LogP contribution in [0.1, 0.15) is 146 Å². The summed E-state index contributed by atoms with van der Waals surface area (Å²) in [6.45, 7) is 43.6. The molecule has 18 heteroatoms. The third-order valence-corrected chi connectivity index (χ3v) is 11.0. The molecular weight excluding hydrogens is 862 g/mol. The highest BCUT2D eigenvalue weighted by Crippen LogP contribution is 2.43. The highest BCUT2D eigenvalue weighted by molar-refractivity contribution is 7.11. The van der Waals surface area contributed by atoms with E-state index in [2.05, 4.69) is 57.6 Å². The van der Waals surface area contributed by atoms with Crippen LogP contribution in [-0.2, 0) is 27.9 Å². The summed E-state index contributed by atoms with van der Waals surface area (Å²) in [6.07, 6.45) is 0. The molecule has 0 bridgehead atoms. The fourth-order valence-corrected chi connectivity index (χ4v) is 5.70. The van der Waals surface area contributed by atoms with Crippen LogP contribution in [0, 0.1) is 41.5 Å². The van der Waals surface area contributed by atoms with Crippen molar-refractivity contribution in [3.05, 3.63) is 101 Å². The van der Waals surface area contributed by atoms with Gasteiger partial charge in [0.1, 0.15) is 34.9 Å². The predicted octanol–water partition coefficient (Wildman–Crippen LogP) is 11.4. The molecule has 12 nitrogen and oxygen atoms in total. The Kier molecular flexibility index (Phi) is 28.8. The van der Waals surface area contributed by atoms with Crippen molar-refractivity contribution in [2.75, 3.05) is 14.4 Å². The number of halogens is 3. The molecule has 3 fully saturated rings. The molecular formula is C48H82B3ClF2N6O6. The molecule has 2 aromatic heterocycles. The summed E-state index contributed by atoms with van der Waals surface area (Å²) in [6, 6.07) is 19.5. The van der Waals surface area contributed by atoms with Crippen LogP contribution in [0.25, 0.3) is 0 Å². The highest BCUT2D eigenvalue weighted by atomic mass is 35.5. The standard InChI is InChI=1S/C12H24B2O4.C12H17BO2.C6H5Cl.2C6H9N3.2C2H6.2CH3F/c1-9(2)10(3,4)16-13(15-9)14-17-11(5,6)12(7,8)18-14;1-11(2)12(3,4)15-13(14-11)10-8-6-5-7-9-10;7-6-4-2-1-3-5-6;2*1-4-7-5(2)9-6(3)8-4;4*1-2/h1-8H3;5-9H,1-4H3;1-5H;2*1-3H3;2*1-2H3;2*1H3. The maximum atomic E-state index is 9.50. The third-order valence-electron chi connectivity index (χ3n) is 10.8. The Bertz CT molecular complexity index is 1710. The van der Waals surface area contributed by atoms with E-state index in [1.807, 2.05) is 185 Å². The minimum absolute atomic E-state index is 0.240. The van der Waals surface area contributed by atoms with Gasteiger partial charge in [-0.15, -0.1) is 0 Å². The lowest BCUT2D eigenvalue weighted by Crippen LogP contribution is -2.41. The number of alkyl halides is 2. The lowest BCUT2D eigenvalue weighted by Gasteiger charge is -2.32. The number of hydrogen-bond acceptors (Lipinski definition) is 12. The largest absolute Gasteiger partial charge is 0.494 e. The van der Waals surface area contributed by atoms with Crippen LogP contribution < -0.4 is 5.46 Å². The molecule has 370 valence electrons. The predicted molar refractivity (Wildman–Crippen MR) is 271 cm³/mol. The second kappa shape index (κ2) is 29.5. The quantitative estimate of drug-likeness (QED) is 0.177. The van der Waals surface area contributed by atoms with Crippen molar-refractivity contribution in [1.82, 2.24) is 29.9 Å². The van der Waals surface area contributed by atoms with Crippen molar-refractivity contribution in [3.63, 3.8) is 0 Å². The van der Waals surface area contributed by atoms with Crippen molar-refractivity contribution in [2.24, 2.45) is 0 Å². The molecule has 5 heterocycles. The van der Waals surface area contributed by atoms with Gasteiger partial charge >= 0.3 is 21.1 Å². The van der Waals surface area contributed by atoms with Crippen LogP contribution in [0.15, 0.2) is 60.7 Å². The van der Waals surface area contributed by atoms with Gasteiger partial charge < -0.3 is 27.9 Å². The molecule has 0 spiro atoms. The van der Waals surface area contributed by atoms with Crippen LogP contribution in [0.5, 0.6) is 0 Å². The zero-order valence-electron chi connectivity index (χ0n) is 44.8.